The zero-order valence-electron chi connectivity index (χ0n) is 19.2. The summed E-state index contributed by atoms with van der Waals surface area (Å²) >= 11 is 0. The van der Waals surface area contributed by atoms with Crippen LogP contribution in [0.4, 0.5) is 10.5 Å². The van der Waals surface area contributed by atoms with Gasteiger partial charge in [-0.15, -0.1) is 0 Å². The Balaban J connectivity index is 1.68. The minimum atomic E-state index is -0.611. The lowest BCUT2D eigenvalue weighted by molar-refractivity contribution is -0.119. The third kappa shape index (κ3) is 7.10. The molecule has 1 aromatic rings. The summed E-state index contributed by atoms with van der Waals surface area (Å²) in [6.07, 6.45) is 6.42. The second kappa shape index (κ2) is 10.3. The van der Waals surface area contributed by atoms with Crippen LogP contribution in [0.3, 0.4) is 0 Å². The van der Waals surface area contributed by atoms with Gasteiger partial charge in [0, 0.05) is 5.69 Å². The van der Waals surface area contributed by atoms with Gasteiger partial charge in [0.15, 0.2) is 0 Å². The summed E-state index contributed by atoms with van der Waals surface area (Å²) < 4.78 is 10.8. The van der Waals surface area contributed by atoms with Gasteiger partial charge >= 0.3 is 6.09 Å². The molecule has 2 amide bonds. The lowest BCUT2D eigenvalue weighted by atomic mass is 9.79. The molecule has 6 heteroatoms. The molecule has 0 unspecified atom stereocenters. The third-order valence-electron chi connectivity index (χ3n) is 5.97. The molecule has 1 aliphatic carbocycles. The Kier molecular flexibility index (Phi) is 7.76. The monoisotopic (exact) mass is 428 g/mol. The predicted molar refractivity (Wildman–Crippen MR) is 123 cm³/mol. The van der Waals surface area contributed by atoms with Crippen molar-refractivity contribution in [3.05, 3.63) is 35.9 Å². The molecule has 0 spiro atoms. The highest BCUT2D eigenvalue weighted by Gasteiger charge is 2.33. The number of hydrogen-bond donors (Lipinski definition) is 2. The predicted octanol–water partition coefficient (Wildman–Crippen LogP) is 5.15. The van der Waals surface area contributed by atoms with Crippen LogP contribution >= 0.6 is 0 Å². The average molecular weight is 429 g/mol. The van der Waals surface area contributed by atoms with Crippen LogP contribution in [0.15, 0.2) is 30.3 Å². The first-order valence-corrected chi connectivity index (χ1v) is 11.4. The average Bonchev–Trinajstić information content (AvgIpc) is 2.73. The fourth-order valence-electron chi connectivity index (χ4n) is 4.23. The zero-order valence-corrected chi connectivity index (χ0v) is 19.2. The number of nitrogens with one attached hydrogen (secondary N) is 2. The molecular weight excluding hydrogens is 392 g/mol. The van der Waals surface area contributed by atoms with Gasteiger partial charge in [-0.3, -0.25) is 4.79 Å². The van der Waals surface area contributed by atoms with Crippen LogP contribution < -0.4 is 10.6 Å². The first-order chi connectivity index (χ1) is 14.7. The minimum absolute atomic E-state index is 0.107. The standard InChI is InChI=1S/C25H36N2O4/c1-17-5-7-20(8-6-17)22(27-24(29)31-25(2,3)4)23(28)26-21-11-9-18(10-12-21)19-13-15-30-16-14-19/h9-13,17,20,22H,5-8,14-16H2,1-4H3,(H,26,28)(H,27,29)/t17?,20?,22-/m0/s1. The van der Waals surface area contributed by atoms with Crippen LogP contribution in [0.5, 0.6) is 0 Å². The van der Waals surface area contributed by atoms with E-state index in [4.69, 9.17) is 9.47 Å². The van der Waals surface area contributed by atoms with E-state index in [9.17, 15) is 9.59 Å². The molecule has 1 heterocycles. The van der Waals surface area contributed by atoms with E-state index in [0.29, 0.717) is 12.5 Å². The van der Waals surface area contributed by atoms with E-state index in [1.807, 2.05) is 45.0 Å². The summed E-state index contributed by atoms with van der Waals surface area (Å²) in [6.45, 7) is 9.08. The smallest absolute Gasteiger partial charge is 0.408 e. The summed E-state index contributed by atoms with van der Waals surface area (Å²) in [6, 6.07) is 7.25. The van der Waals surface area contributed by atoms with Crippen molar-refractivity contribution in [1.82, 2.24) is 5.32 Å². The Bertz CT molecular complexity index is 787. The number of alkyl carbamates (subject to hydrolysis) is 1. The van der Waals surface area contributed by atoms with Gasteiger partial charge in [-0.1, -0.05) is 38.0 Å². The van der Waals surface area contributed by atoms with Crippen molar-refractivity contribution in [2.24, 2.45) is 11.8 Å². The highest BCUT2D eigenvalue weighted by molar-refractivity contribution is 5.97. The number of anilines is 1. The van der Waals surface area contributed by atoms with E-state index in [1.54, 1.807) is 0 Å². The first kappa shape index (κ1) is 23.3. The van der Waals surface area contributed by atoms with Crippen molar-refractivity contribution in [2.45, 2.75) is 71.4 Å². The molecule has 1 atom stereocenters. The minimum Gasteiger partial charge on any atom is -0.444 e. The highest BCUT2D eigenvalue weighted by atomic mass is 16.6. The van der Waals surface area contributed by atoms with Crippen LogP contribution in [-0.4, -0.2) is 36.9 Å². The van der Waals surface area contributed by atoms with E-state index in [1.165, 1.54) is 5.57 Å². The number of benzene rings is 1. The molecule has 3 rings (SSSR count). The number of amides is 2. The first-order valence-electron chi connectivity index (χ1n) is 11.4. The maximum atomic E-state index is 13.2. The molecule has 0 radical (unpaired) electrons. The van der Waals surface area contributed by atoms with Crippen LogP contribution in [0.2, 0.25) is 0 Å². The number of hydrogen-bond acceptors (Lipinski definition) is 4. The fraction of sp³-hybridized carbons (Fsp3) is 0.600. The van der Waals surface area contributed by atoms with Crippen LogP contribution in [0.1, 0.15) is 65.4 Å². The van der Waals surface area contributed by atoms with Crippen molar-refractivity contribution in [3.63, 3.8) is 0 Å². The Hall–Kier alpha value is -2.34. The quantitative estimate of drug-likeness (QED) is 0.680. The summed E-state index contributed by atoms with van der Waals surface area (Å²) in [4.78, 5) is 25.6. The van der Waals surface area contributed by atoms with Crippen LogP contribution in [-0.2, 0) is 14.3 Å². The second-order valence-electron chi connectivity index (χ2n) is 9.76. The maximum absolute atomic E-state index is 13.2. The van der Waals surface area contributed by atoms with Crippen molar-refractivity contribution in [1.29, 1.82) is 0 Å². The van der Waals surface area contributed by atoms with Gasteiger partial charge < -0.3 is 20.1 Å². The largest absolute Gasteiger partial charge is 0.444 e. The topological polar surface area (TPSA) is 76.7 Å². The second-order valence-corrected chi connectivity index (χ2v) is 9.76. The molecule has 0 bridgehead atoms. The van der Waals surface area contributed by atoms with Gasteiger partial charge in [0.1, 0.15) is 11.6 Å². The van der Waals surface area contributed by atoms with Gasteiger partial charge in [0.2, 0.25) is 5.91 Å². The molecule has 2 aliphatic rings. The van der Waals surface area contributed by atoms with E-state index >= 15 is 0 Å². The van der Waals surface area contributed by atoms with Gasteiger partial charge in [-0.2, -0.15) is 0 Å². The van der Waals surface area contributed by atoms with Gasteiger partial charge in [0.05, 0.1) is 13.2 Å². The normalized spacial score (nSPS) is 22.8. The molecule has 0 aromatic heterocycles. The van der Waals surface area contributed by atoms with E-state index in [0.717, 1.165) is 50.0 Å². The number of ether oxygens (including phenoxy) is 2. The summed E-state index contributed by atoms with van der Waals surface area (Å²) in [5.74, 6) is 0.576. The lowest BCUT2D eigenvalue weighted by Crippen LogP contribution is -2.50. The number of carbonyl (C=O) groups excluding carboxylic acids is 2. The molecule has 1 saturated carbocycles. The Morgan fingerprint density at radius 3 is 2.35 bits per heavy atom. The van der Waals surface area contributed by atoms with Crippen LogP contribution in [0, 0.1) is 11.8 Å². The Labute approximate surface area is 185 Å². The molecule has 170 valence electrons. The molecule has 1 aliphatic heterocycles. The SMILES string of the molecule is CC1CCC([C@H](NC(=O)OC(C)(C)C)C(=O)Nc2ccc(C3=CCOCC3)cc2)CC1. The van der Waals surface area contributed by atoms with Crippen molar-refractivity contribution >= 4 is 23.3 Å². The van der Waals surface area contributed by atoms with Gasteiger partial charge in [-0.05, 0) is 75.1 Å². The number of rotatable bonds is 5. The third-order valence-corrected chi connectivity index (χ3v) is 5.97. The Morgan fingerprint density at radius 2 is 1.77 bits per heavy atom. The molecule has 6 nitrogen and oxygen atoms in total. The zero-order chi connectivity index (χ0) is 22.4. The van der Waals surface area contributed by atoms with E-state index < -0.39 is 17.7 Å². The molecule has 2 N–H and O–H groups in total. The summed E-state index contributed by atoms with van der Waals surface area (Å²) in [7, 11) is 0. The molecular formula is C25H36N2O4. The molecule has 1 fully saturated rings. The molecule has 0 saturated heterocycles. The Morgan fingerprint density at radius 1 is 1.10 bits per heavy atom. The summed E-state index contributed by atoms with van der Waals surface area (Å²) in [5.41, 5.74) is 2.53. The fourth-order valence-corrected chi connectivity index (χ4v) is 4.23. The maximum Gasteiger partial charge on any atom is 0.408 e. The van der Waals surface area contributed by atoms with E-state index in [2.05, 4.69) is 23.6 Å². The number of carbonyl (C=O) groups is 2. The lowest BCUT2D eigenvalue weighted by Gasteiger charge is -2.33. The van der Waals surface area contributed by atoms with Crippen molar-refractivity contribution < 1.29 is 19.1 Å². The van der Waals surface area contributed by atoms with Crippen molar-refractivity contribution in [3.8, 4) is 0 Å². The van der Waals surface area contributed by atoms with Gasteiger partial charge in [0.25, 0.3) is 0 Å². The van der Waals surface area contributed by atoms with E-state index in [-0.39, 0.29) is 11.8 Å². The van der Waals surface area contributed by atoms with Crippen molar-refractivity contribution in [2.75, 3.05) is 18.5 Å². The van der Waals surface area contributed by atoms with Gasteiger partial charge in [-0.25, -0.2) is 4.79 Å². The molecule has 31 heavy (non-hydrogen) atoms. The van der Waals surface area contributed by atoms with Crippen LogP contribution in [0.25, 0.3) is 5.57 Å². The summed E-state index contributed by atoms with van der Waals surface area (Å²) in [5, 5.41) is 5.84. The molecule has 1 aromatic carbocycles. The highest BCUT2D eigenvalue weighted by Crippen LogP contribution is 2.31.